The maximum atomic E-state index is 10.2. The molecule has 2 atom stereocenters. The standard InChI is InChI=1S/C6H12O3S/c7-10(8)4-2-6-1-3-9-5-6/h6H,1-5H2,(H,7,8). The van der Waals surface area contributed by atoms with Gasteiger partial charge in [0.2, 0.25) is 0 Å². The monoisotopic (exact) mass is 164 g/mol. The Hall–Kier alpha value is 0.0700. The van der Waals surface area contributed by atoms with Crippen LogP contribution in [0, 0.1) is 5.92 Å². The van der Waals surface area contributed by atoms with Gasteiger partial charge in [0.25, 0.3) is 0 Å². The second-order valence-electron chi connectivity index (χ2n) is 2.54. The molecule has 0 amide bonds. The summed E-state index contributed by atoms with van der Waals surface area (Å²) in [6.07, 6.45) is 1.88. The van der Waals surface area contributed by atoms with E-state index >= 15 is 0 Å². The Morgan fingerprint density at radius 1 is 1.70 bits per heavy atom. The van der Waals surface area contributed by atoms with E-state index in [1.165, 1.54) is 0 Å². The highest BCUT2D eigenvalue weighted by Gasteiger charge is 2.15. The lowest BCUT2D eigenvalue weighted by Gasteiger charge is -2.02. The van der Waals surface area contributed by atoms with Crippen LogP contribution in [0.5, 0.6) is 0 Å². The molecule has 0 radical (unpaired) electrons. The summed E-state index contributed by atoms with van der Waals surface area (Å²) in [6, 6.07) is 0. The van der Waals surface area contributed by atoms with Crippen LogP contribution in [0.25, 0.3) is 0 Å². The molecule has 1 heterocycles. The topological polar surface area (TPSA) is 46.5 Å². The summed E-state index contributed by atoms with van der Waals surface area (Å²) in [5, 5.41) is 0. The van der Waals surface area contributed by atoms with E-state index in [9.17, 15) is 4.21 Å². The van der Waals surface area contributed by atoms with E-state index in [1.807, 2.05) is 0 Å². The van der Waals surface area contributed by atoms with Gasteiger partial charge >= 0.3 is 0 Å². The van der Waals surface area contributed by atoms with Gasteiger partial charge in [-0.3, -0.25) is 0 Å². The molecule has 1 saturated heterocycles. The maximum Gasteiger partial charge on any atom is 0.152 e. The van der Waals surface area contributed by atoms with E-state index in [0.717, 1.165) is 26.1 Å². The molecule has 1 fully saturated rings. The van der Waals surface area contributed by atoms with Gasteiger partial charge in [-0.1, -0.05) is 0 Å². The van der Waals surface area contributed by atoms with Crippen LogP contribution in [-0.2, 0) is 15.8 Å². The molecule has 0 saturated carbocycles. The van der Waals surface area contributed by atoms with Gasteiger partial charge in [0.1, 0.15) is 0 Å². The zero-order valence-electron chi connectivity index (χ0n) is 5.78. The third-order valence-corrected chi connectivity index (χ3v) is 2.31. The summed E-state index contributed by atoms with van der Waals surface area (Å²) in [5.74, 6) is 0.921. The molecular formula is C6H12O3S. The van der Waals surface area contributed by atoms with E-state index in [2.05, 4.69) is 0 Å². The lowest BCUT2D eigenvalue weighted by molar-refractivity contribution is 0.185. The Balaban J connectivity index is 2.07. The first kappa shape index (κ1) is 8.17. The summed E-state index contributed by atoms with van der Waals surface area (Å²) in [7, 11) is 0. The van der Waals surface area contributed by atoms with Gasteiger partial charge < -0.3 is 9.29 Å². The van der Waals surface area contributed by atoms with Crippen molar-refractivity contribution >= 4 is 11.1 Å². The number of ether oxygens (including phenoxy) is 1. The van der Waals surface area contributed by atoms with Crippen LogP contribution >= 0.6 is 0 Å². The van der Waals surface area contributed by atoms with Crippen molar-refractivity contribution in [3.8, 4) is 0 Å². The predicted octanol–water partition coefficient (Wildman–Crippen LogP) is 0.635. The van der Waals surface area contributed by atoms with Crippen LogP contribution in [0.3, 0.4) is 0 Å². The second kappa shape index (κ2) is 4.05. The Morgan fingerprint density at radius 2 is 2.50 bits per heavy atom. The lowest BCUT2D eigenvalue weighted by atomic mass is 10.1. The van der Waals surface area contributed by atoms with Gasteiger partial charge in [0.15, 0.2) is 11.1 Å². The summed E-state index contributed by atoms with van der Waals surface area (Å²) in [5.41, 5.74) is 0. The van der Waals surface area contributed by atoms with Crippen molar-refractivity contribution in [3.63, 3.8) is 0 Å². The van der Waals surface area contributed by atoms with Crippen LogP contribution < -0.4 is 0 Å². The fourth-order valence-electron chi connectivity index (χ4n) is 1.08. The molecule has 1 aliphatic rings. The fraction of sp³-hybridized carbons (Fsp3) is 1.00. The van der Waals surface area contributed by atoms with Crippen molar-refractivity contribution in [2.75, 3.05) is 19.0 Å². The molecule has 1 aliphatic heterocycles. The molecular weight excluding hydrogens is 152 g/mol. The van der Waals surface area contributed by atoms with Crippen LogP contribution in [-0.4, -0.2) is 27.7 Å². The molecule has 0 aromatic heterocycles. The molecule has 60 valence electrons. The Morgan fingerprint density at radius 3 is 3.00 bits per heavy atom. The van der Waals surface area contributed by atoms with Gasteiger partial charge in [-0.05, 0) is 18.8 Å². The Labute approximate surface area is 63.0 Å². The van der Waals surface area contributed by atoms with E-state index < -0.39 is 11.1 Å². The molecule has 0 aliphatic carbocycles. The Kier molecular flexibility index (Phi) is 3.31. The smallest absolute Gasteiger partial charge is 0.152 e. The summed E-state index contributed by atoms with van der Waals surface area (Å²) >= 11 is -1.62. The minimum atomic E-state index is -1.62. The zero-order valence-corrected chi connectivity index (χ0v) is 6.60. The molecule has 1 rings (SSSR count). The average Bonchev–Trinajstić information content (AvgIpc) is 2.34. The molecule has 10 heavy (non-hydrogen) atoms. The van der Waals surface area contributed by atoms with Crippen molar-refractivity contribution in [2.24, 2.45) is 5.92 Å². The zero-order chi connectivity index (χ0) is 7.40. The molecule has 1 N–H and O–H groups in total. The first-order chi connectivity index (χ1) is 4.79. The largest absolute Gasteiger partial charge is 0.381 e. The predicted molar refractivity (Wildman–Crippen MR) is 39.2 cm³/mol. The maximum absolute atomic E-state index is 10.2. The second-order valence-corrected chi connectivity index (χ2v) is 3.60. The molecule has 4 heteroatoms. The molecule has 3 nitrogen and oxygen atoms in total. The number of hydrogen-bond acceptors (Lipinski definition) is 2. The highest BCUT2D eigenvalue weighted by atomic mass is 32.2. The van der Waals surface area contributed by atoms with Crippen molar-refractivity contribution < 1.29 is 13.5 Å². The number of hydrogen-bond donors (Lipinski definition) is 1. The average molecular weight is 164 g/mol. The van der Waals surface area contributed by atoms with Crippen molar-refractivity contribution in [1.82, 2.24) is 0 Å². The van der Waals surface area contributed by atoms with Crippen molar-refractivity contribution in [1.29, 1.82) is 0 Å². The van der Waals surface area contributed by atoms with Gasteiger partial charge in [-0.25, -0.2) is 4.21 Å². The van der Waals surface area contributed by atoms with Crippen LogP contribution in [0.4, 0.5) is 0 Å². The van der Waals surface area contributed by atoms with Crippen LogP contribution in [0.2, 0.25) is 0 Å². The Bertz CT molecular complexity index is 120. The minimum absolute atomic E-state index is 0.397. The van der Waals surface area contributed by atoms with Gasteiger partial charge in [0.05, 0.1) is 0 Å². The minimum Gasteiger partial charge on any atom is -0.381 e. The van der Waals surface area contributed by atoms with Gasteiger partial charge in [0, 0.05) is 19.0 Å². The van der Waals surface area contributed by atoms with Gasteiger partial charge in [-0.15, -0.1) is 0 Å². The number of rotatable bonds is 3. The quantitative estimate of drug-likeness (QED) is 0.622. The summed E-state index contributed by atoms with van der Waals surface area (Å²) in [6.45, 7) is 1.60. The van der Waals surface area contributed by atoms with Crippen LogP contribution in [0.1, 0.15) is 12.8 Å². The normalized spacial score (nSPS) is 28.7. The van der Waals surface area contributed by atoms with E-state index in [0.29, 0.717) is 11.7 Å². The third kappa shape index (κ3) is 2.77. The van der Waals surface area contributed by atoms with Crippen LogP contribution in [0.15, 0.2) is 0 Å². The molecule has 0 aromatic carbocycles. The molecule has 0 spiro atoms. The third-order valence-electron chi connectivity index (χ3n) is 1.72. The van der Waals surface area contributed by atoms with E-state index in [-0.39, 0.29) is 0 Å². The first-order valence-electron chi connectivity index (χ1n) is 3.44. The SMILES string of the molecule is O=S(O)CCC1CCOC1. The summed E-state index contributed by atoms with van der Waals surface area (Å²) in [4.78, 5) is 0. The summed E-state index contributed by atoms with van der Waals surface area (Å²) < 4.78 is 23.8. The van der Waals surface area contributed by atoms with E-state index in [4.69, 9.17) is 9.29 Å². The van der Waals surface area contributed by atoms with Crippen molar-refractivity contribution in [2.45, 2.75) is 12.8 Å². The lowest BCUT2D eigenvalue weighted by Crippen LogP contribution is -2.05. The van der Waals surface area contributed by atoms with Gasteiger partial charge in [-0.2, -0.15) is 0 Å². The first-order valence-corrected chi connectivity index (χ1v) is 4.72. The van der Waals surface area contributed by atoms with Crippen molar-refractivity contribution in [3.05, 3.63) is 0 Å². The fourth-order valence-corrected chi connectivity index (χ4v) is 1.61. The molecule has 0 bridgehead atoms. The molecule has 2 unspecified atom stereocenters. The highest BCUT2D eigenvalue weighted by molar-refractivity contribution is 7.79. The highest BCUT2D eigenvalue weighted by Crippen LogP contribution is 2.15. The van der Waals surface area contributed by atoms with E-state index in [1.54, 1.807) is 0 Å². The molecule has 0 aromatic rings.